The highest BCUT2D eigenvalue weighted by molar-refractivity contribution is 5.77. The second-order valence-corrected chi connectivity index (χ2v) is 3.44. The third kappa shape index (κ3) is 3.74. The molecule has 6 heteroatoms. The summed E-state index contributed by atoms with van der Waals surface area (Å²) in [4.78, 5) is 22.2. The molecule has 2 N–H and O–H groups in total. The number of hydrogen-bond donors (Lipinski definition) is 2. The first-order valence-electron chi connectivity index (χ1n) is 5.65. The van der Waals surface area contributed by atoms with Crippen LogP contribution in [0.3, 0.4) is 0 Å². The predicted octanol–water partition coefficient (Wildman–Crippen LogP) is -0.0629. The lowest BCUT2D eigenvalue weighted by Gasteiger charge is -2.32. The summed E-state index contributed by atoms with van der Waals surface area (Å²) >= 11 is 0. The van der Waals surface area contributed by atoms with Gasteiger partial charge in [0.15, 0.2) is 0 Å². The molecule has 0 aromatic heterocycles. The van der Waals surface area contributed by atoms with Gasteiger partial charge in [0.25, 0.3) is 0 Å². The van der Waals surface area contributed by atoms with Crippen molar-refractivity contribution in [2.45, 2.75) is 6.92 Å². The lowest BCUT2D eigenvalue weighted by atomic mass is 10.3. The lowest BCUT2D eigenvalue weighted by Crippen LogP contribution is -2.52. The van der Waals surface area contributed by atoms with Crippen LogP contribution in [-0.2, 0) is 9.59 Å². The van der Waals surface area contributed by atoms with Gasteiger partial charge in [0.1, 0.15) is 0 Å². The van der Waals surface area contributed by atoms with Gasteiger partial charge in [-0.1, -0.05) is 12.1 Å². The molecule has 97 valence electrons. The number of hydrogen-bond acceptors (Lipinski definition) is 4. The minimum atomic E-state index is -0.197. The standard InChI is InChI=1S/C12H17N4O2/c1-3-15(11-7-5-4-6-8-11)16(10-17)14-9-12(18)13-2/h4-5,7-8,10,14H,3,9H2,1-2H3,(H,13,18). The molecule has 0 saturated carbocycles. The zero-order chi connectivity index (χ0) is 13.4. The number of nitrogens with one attached hydrogen (secondary N) is 2. The summed E-state index contributed by atoms with van der Waals surface area (Å²) in [6, 6.07) is 10.2. The van der Waals surface area contributed by atoms with E-state index in [1.165, 1.54) is 5.12 Å². The second kappa shape index (κ2) is 7.29. The van der Waals surface area contributed by atoms with Crippen molar-refractivity contribution >= 4 is 18.0 Å². The number of nitrogens with zero attached hydrogens (tertiary/aromatic N) is 2. The average molecular weight is 249 g/mol. The highest BCUT2D eigenvalue weighted by Crippen LogP contribution is 2.12. The van der Waals surface area contributed by atoms with Gasteiger partial charge in [-0.05, 0) is 25.1 Å². The minimum Gasteiger partial charge on any atom is -0.358 e. The number of carbonyl (C=O) groups is 2. The van der Waals surface area contributed by atoms with Crippen LogP contribution in [0.2, 0.25) is 0 Å². The fraction of sp³-hybridized carbons (Fsp3) is 0.333. The first-order chi connectivity index (χ1) is 8.72. The van der Waals surface area contributed by atoms with Crippen molar-refractivity contribution in [1.82, 2.24) is 15.9 Å². The largest absolute Gasteiger partial charge is 0.358 e. The summed E-state index contributed by atoms with van der Waals surface area (Å²) in [7, 11) is 1.54. The minimum absolute atomic E-state index is 0.0300. The Hall–Kier alpha value is -2.08. The quantitative estimate of drug-likeness (QED) is 0.525. The molecule has 0 unspecified atom stereocenters. The van der Waals surface area contributed by atoms with Crippen LogP contribution in [0.1, 0.15) is 6.92 Å². The van der Waals surface area contributed by atoms with Crippen molar-refractivity contribution in [1.29, 1.82) is 0 Å². The summed E-state index contributed by atoms with van der Waals surface area (Å²) < 4.78 is 0. The normalized spacial score (nSPS) is 9.67. The number of amides is 2. The topological polar surface area (TPSA) is 64.7 Å². The van der Waals surface area contributed by atoms with Crippen LogP contribution < -0.4 is 15.8 Å². The Balaban J connectivity index is 2.72. The van der Waals surface area contributed by atoms with Crippen LogP contribution in [0.5, 0.6) is 0 Å². The Morgan fingerprint density at radius 3 is 2.83 bits per heavy atom. The van der Waals surface area contributed by atoms with Crippen molar-refractivity contribution in [3.8, 4) is 0 Å². The molecule has 0 saturated heterocycles. The number of anilines is 1. The van der Waals surface area contributed by atoms with Crippen LogP contribution in [0.15, 0.2) is 24.3 Å². The fourth-order valence-electron chi connectivity index (χ4n) is 1.42. The molecule has 1 radical (unpaired) electrons. The molecule has 18 heavy (non-hydrogen) atoms. The van der Waals surface area contributed by atoms with Crippen LogP contribution in [0.25, 0.3) is 0 Å². The first-order valence-corrected chi connectivity index (χ1v) is 5.65. The molecule has 1 aromatic carbocycles. The Kier molecular flexibility index (Phi) is 5.66. The van der Waals surface area contributed by atoms with Crippen molar-refractivity contribution in [3.05, 3.63) is 30.3 Å². The summed E-state index contributed by atoms with van der Waals surface area (Å²) in [5.74, 6) is -0.197. The smallest absolute Gasteiger partial charge is 0.243 e. The van der Waals surface area contributed by atoms with Crippen molar-refractivity contribution in [2.75, 3.05) is 25.1 Å². The van der Waals surface area contributed by atoms with Gasteiger partial charge in [0.05, 0.1) is 12.2 Å². The Labute approximate surface area is 107 Å². The molecule has 0 fully saturated rings. The van der Waals surface area contributed by atoms with Gasteiger partial charge in [-0.2, -0.15) is 5.12 Å². The van der Waals surface area contributed by atoms with E-state index in [0.717, 1.165) is 5.69 Å². The lowest BCUT2D eigenvalue weighted by molar-refractivity contribution is -0.124. The van der Waals surface area contributed by atoms with Crippen molar-refractivity contribution in [2.24, 2.45) is 0 Å². The molecule has 0 bridgehead atoms. The van der Waals surface area contributed by atoms with Crippen molar-refractivity contribution in [3.63, 3.8) is 0 Å². The number of hydrazine groups is 2. The molecule has 0 aliphatic heterocycles. The maximum Gasteiger partial charge on any atom is 0.243 e. The molecule has 0 aliphatic rings. The Morgan fingerprint density at radius 1 is 1.56 bits per heavy atom. The Morgan fingerprint density at radius 2 is 2.33 bits per heavy atom. The zero-order valence-electron chi connectivity index (χ0n) is 10.5. The van der Waals surface area contributed by atoms with Gasteiger partial charge in [0.2, 0.25) is 12.3 Å². The van der Waals surface area contributed by atoms with Gasteiger partial charge in [0, 0.05) is 13.6 Å². The summed E-state index contributed by atoms with van der Waals surface area (Å²) in [5, 5.41) is 5.42. The highest BCUT2D eigenvalue weighted by atomic mass is 16.2. The molecule has 6 nitrogen and oxygen atoms in total. The molecule has 1 rings (SSSR count). The number of benzene rings is 1. The van der Waals surface area contributed by atoms with Gasteiger partial charge in [-0.25, -0.2) is 5.43 Å². The molecule has 0 aliphatic carbocycles. The summed E-state index contributed by atoms with van der Waals surface area (Å²) in [5.41, 5.74) is 3.55. The van der Waals surface area contributed by atoms with E-state index in [0.29, 0.717) is 13.0 Å². The number of carbonyl (C=O) groups excluding carboxylic acids is 2. The van der Waals surface area contributed by atoms with Crippen molar-refractivity contribution < 1.29 is 9.59 Å². The molecule has 0 spiro atoms. The molecule has 2 amide bonds. The second-order valence-electron chi connectivity index (χ2n) is 3.44. The Bertz CT molecular complexity index is 383. The SMILES string of the molecule is CCN(c1c[c]ccc1)N(C=O)NCC(=O)NC. The molecule has 0 heterocycles. The van der Waals surface area contributed by atoms with Crippen LogP contribution in [0.4, 0.5) is 5.69 Å². The monoisotopic (exact) mass is 249 g/mol. The first kappa shape index (κ1) is 14.0. The molecular weight excluding hydrogens is 232 g/mol. The van der Waals surface area contributed by atoms with E-state index in [1.807, 2.05) is 19.1 Å². The van der Waals surface area contributed by atoms with Gasteiger partial charge < -0.3 is 5.32 Å². The molecule has 0 atom stereocenters. The van der Waals surface area contributed by atoms with Crippen LogP contribution in [-0.4, -0.2) is 37.6 Å². The number of likely N-dealkylation sites (N-methyl/N-ethyl adjacent to an activating group) is 1. The highest BCUT2D eigenvalue weighted by Gasteiger charge is 2.13. The fourth-order valence-corrected chi connectivity index (χ4v) is 1.42. The van der Waals surface area contributed by atoms with E-state index in [9.17, 15) is 9.59 Å². The maximum atomic E-state index is 11.1. The third-order valence-corrected chi connectivity index (χ3v) is 2.33. The molecule has 1 aromatic rings. The zero-order valence-corrected chi connectivity index (χ0v) is 10.5. The average Bonchev–Trinajstić information content (AvgIpc) is 2.43. The van der Waals surface area contributed by atoms with Crippen LogP contribution >= 0.6 is 0 Å². The van der Waals surface area contributed by atoms with E-state index in [2.05, 4.69) is 16.8 Å². The van der Waals surface area contributed by atoms with E-state index in [1.54, 1.807) is 24.2 Å². The van der Waals surface area contributed by atoms with E-state index >= 15 is 0 Å². The van der Waals surface area contributed by atoms with Gasteiger partial charge in [-0.3, -0.25) is 14.6 Å². The van der Waals surface area contributed by atoms with Gasteiger partial charge >= 0.3 is 0 Å². The predicted molar refractivity (Wildman–Crippen MR) is 68.3 cm³/mol. The number of rotatable bonds is 7. The van der Waals surface area contributed by atoms with E-state index in [-0.39, 0.29) is 12.5 Å². The molecular formula is C12H17N4O2. The van der Waals surface area contributed by atoms with Crippen LogP contribution in [0, 0.1) is 6.07 Å². The summed E-state index contributed by atoms with van der Waals surface area (Å²) in [6.45, 7) is 2.52. The van der Waals surface area contributed by atoms with Gasteiger partial charge in [-0.15, -0.1) is 0 Å². The third-order valence-electron chi connectivity index (χ3n) is 2.33. The summed E-state index contributed by atoms with van der Waals surface area (Å²) in [6.07, 6.45) is 0.624. The van der Waals surface area contributed by atoms with E-state index < -0.39 is 0 Å². The maximum absolute atomic E-state index is 11.1. The van der Waals surface area contributed by atoms with E-state index in [4.69, 9.17) is 0 Å².